The fourth-order valence-electron chi connectivity index (χ4n) is 3.73. The van der Waals surface area contributed by atoms with E-state index >= 15 is 0 Å². The average molecular weight is 395 g/mol. The fraction of sp³-hybridized carbons (Fsp3) is 0.600. The Morgan fingerprint density at radius 1 is 1.15 bits per heavy atom. The predicted molar refractivity (Wildman–Crippen MR) is 103 cm³/mol. The maximum Gasteiger partial charge on any atom is 0.255 e. The van der Waals surface area contributed by atoms with Gasteiger partial charge in [0, 0.05) is 43.9 Å². The summed E-state index contributed by atoms with van der Waals surface area (Å²) in [5, 5.41) is 13.1. The van der Waals surface area contributed by atoms with Gasteiger partial charge in [-0.1, -0.05) is 11.6 Å². The molecule has 6 nitrogen and oxygen atoms in total. The third kappa shape index (κ3) is 5.36. The summed E-state index contributed by atoms with van der Waals surface area (Å²) in [7, 11) is 0. The summed E-state index contributed by atoms with van der Waals surface area (Å²) in [4.78, 5) is 26.1. The van der Waals surface area contributed by atoms with Crippen molar-refractivity contribution in [3.8, 4) is 5.75 Å². The summed E-state index contributed by atoms with van der Waals surface area (Å²) in [5.74, 6) is 0.404. The number of halogens is 1. The van der Waals surface area contributed by atoms with Gasteiger partial charge in [-0.3, -0.25) is 9.59 Å². The van der Waals surface area contributed by atoms with Crippen LogP contribution < -0.4 is 10.1 Å². The topological polar surface area (TPSA) is 78.9 Å². The van der Waals surface area contributed by atoms with Gasteiger partial charge in [0.05, 0.1) is 11.7 Å². The van der Waals surface area contributed by atoms with Gasteiger partial charge >= 0.3 is 0 Å². The highest BCUT2D eigenvalue weighted by Gasteiger charge is 2.26. The van der Waals surface area contributed by atoms with E-state index in [4.69, 9.17) is 16.3 Å². The third-order valence-corrected chi connectivity index (χ3v) is 5.63. The van der Waals surface area contributed by atoms with Crippen molar-refractivity contribution in [2.75, 3.05) is 13.1 Å². The lowest BCUT2D eigenvalue weighted by atomic mass is 9.93. The molecule has 0 unspecified atom stereocenters. The van der Waals surface area contributed by atoms with Crippen LogP contribution in [0.3, 0.4) is 0 Å². The smallest absolute Gasteiger partial charge is 0.255 e. The molecule has 1 aliphatic heterocycles. The van der Waals surface area contributed by atoms with Gasteiger partial charge in [-0.25, -0.2) is 0 Å². The number of nitrogens with zero attached hydrogens (tertiary/aromatic N) is 1. The lowest BCUT2D eigenvalue weighted by Gasteiger charge is -2.32. The first-order chi connectivity index (χ1) is 12.9. The first-order valence-corrected chi connectivity index (χ1v) is 10.0. The number of nitrogens with one attached hydrogen (secondary N) is 1. The lowest BCUT2D eigenvalue weighted by Crippen LogP contribution is -2.41. The van der Waals surface area contributed by atoms with Crippen LogP contribution in [0.1, 0.15) is 55.8 Å². The molecule has 1 saturated carbocycles. The molecule has 0 atom stereocenters. The molecule has 27 heavy (non-hydrogen) atoms. The Morgan fingerprint density at radius 3 is 2.44 bits per heavy atom. The van der Waals surface area contributed by atoms with Crippen LogP contribution in [0.2, 0.25) is 5.02 Å². The second kappa shape index (κ2) is 8.93. The van der Waals surface area contributed by atoms with E-state index in [1.165, 1.54) is 0 Å². The molecule has 3 rings (SSSR count). The van der Waals surface area contributed by atoms with Crippen LogP contribution >= 0.6 is 11.6 Å². The number of amides is 2. The van der Waals surface area contributed by atoms with E-state index in [-0.39, 0.29) is 30.1 Å². The zero-order chi connectivity index (χ0) is 19.4. The minimum atomic E-state index is -0.260. The van der Waals surface area contributed by atoms with Crippen molar-refractivity contribution >= 4 is 23.4 Å². The number of carbonyl (C=O) groups excluding carboxylic acids is 2. The van der Waals surface area contributed by atoms with E-state index in [2.05, 4.69) is 5.32 Å². The van der Waals surface area contributed by atoms with Crippen LogP contribution in [-0.4, -0.2) is 53.2 Å². The van der Waals surface area contributed by atoms with Gasteiger partial charge in [-0.2, -0.15) is 0 Å². The van der Waals surface area contributed by atoms with Crippen LogP contribution in [0.25, 0.3) is 0 Å². The second-order valence-corrected chi connectivity index (χ2v) is 7.88. The third-order valence-electron chi connectivity index (χ3n) is 5.40. The van der Waals surface area contributed by atoms with E-state index in [0.717, 1.165) is 25.7 Å². The summed E-state index contributed by atoms with van der Waals surface area (Å²) in [6, 6.07) is 5.15. The Bertz CT molecular complexity index is 681. The maximum absolute atomic E-state index is 12.8. The van der Waals surface area contributed by atoms with Crippen molar-refractivity contribution in [2.45, 2.75) is 63.7 Å². The van der Waals surface area contributed by atoms with Gasteiger partial charge in [0.15, 0.2) is 0 Å². The van der Waals surface area contributed by atoms with Crippen LogP contribution in [0.5, 0.6) is 5.75 Å². The van der Waals surface area contributed by atoms with Gasteiger partial charge in [-0.05, 0) is 43.9 Å². The molecule has 0 bridgehead atoms. The maximum atomic E-state index is 12.8. The number of ether oxygens (including phenoxy) is 1. The predicted octanol–water partition coefficient (Wildman–Crippen LogP) is 2.76. The van der Waals surface area contributed by atoms with Gasteiger partial charge in [0.1, 0.15) is 11.9 Å². The van der Waals surface area contributed by atoms with Crippen molar-refractivity contribution in [3.63, 3.8) is 0 Å². The Hall–Kier alpha value is -1.79. The van der Waals surface area contributed by atoms with Crippen molar-refractivity contribution in [3.05, 3.63) is 28.8 Å². The highest BCUT2D eigenvalue weighted by atomic mass is 35.5. The highest BCUT2D eigenvalue weighted by molar-refractivity contribution is 6.31. The van der Waals surface area contributed by atoms with Gasteiger partial charge < -0.3 is 20.1 Å². The Morgan fingerprint density at radius 2 is 1.81 bits per heavy atom. The summed E-state index contributed by atoms with van der Waals surface area (Å²) in [6.07, 6.45) is 4.15. The summed E-state index contributed by atoms with van der Waals surface area (Å²) in [6.45, 7) is 2.91. The summed E-state index contributed by atoms with van der Waals surface area (Å²) < 4.78 is 6.10. The molecular weight excluding hydrogens is 368 g/mol. The largest absolute Gasteiger partial charge is 0.489 e. The van der Waals surface area contributed by atoms with E-state index in [1.54, 1.807) is 25.1 Å². The van der Waals surface area contributed by atoms with Crippen LogP contribution in [-0.2, 0) is 4.79 Å². The fourth-order valence-corrected chi connectivity index (χ4v) is 3.91. The first-order valence-electron chi connectivity index (χ1n) is 9.63. The molecule has 1 heterocycles. The number of hydrogen-bond acceptors (Lipinski definition) is 4. The van der Waals surface area contributed by atoms with Gasteiger partial charge in [0.25, 0.3) is 5.91 Å². The number of likely N-dealkylation sites (tertiary alicyclic amines) is 1. The minimum absolute atomic E-state index is 0.0295. The van der Waals surface area contributed by atoms with Crippen LogP contribution in [0.15, 0.2) is 18.2 Å². The van der Waals surface area contributed by atoms with Crippen molar-refractivity contribution in [1.29, 1.82) is 0 Å². The highest BCUT2D eigenvalue weighted by Crippen LogP contribution is 2.27. The zero-order valence-corrected chi connectivity index (χ0v) is 16.4. The molecular formula is C20H27ClN2O4. The van der Waals surface area contributed by atoms with E-state index in [0.29, 0.717) is 42.3 Å². The quantitative estimate of drug-likeness (QED) is 0.823. The van der Waals surface area contributed by atoms with Gasteiger partial charge in [-0.15, -0.1) is 0 Å². The Labute approximate surface area is 164 Å². The number of rotatable bonds is 4. The molecule has 1 aliphatic carbocycles. The summed E-state index contributed by atoms with van der Waals surface area (Å²) >= 11 is 6.11. The summed E-state index contributed by atoms with van der Waals surface area (Å²) in [5.41, 5.74) is 0.433. The molecule has 0 spiro atoms. The van der Waals surface area contributed by atoms with Crippen molar-refractivity contribution in [1.82, 2.24) is 10.2 Å². The Balaban J connectivity index is 1.64. The number of aliphatic hydroxyl groups is 1. The molecule has 2 fully saturated rings. The molecule has 2 N–H and O–H groups in total. The molecule has 148 valence electrons. The monoisotopic (exact) mass is 394 g/mol. The molecule has 1 aromatic rings. The standard InChI is InChI=1S/C20H27ClN2O4/c1-13(24)23-10-8-17(9-11-23)27-19-7-2-14(21)12-18(19)20(26)22-15-3-5-16(25)6-4-15/h2,7,12,15-17,25H,3-6,8-11H2,1H3,(H,22,26). The van der Waals surface area contributed by atoms with Gasteiger partial charge in [0.2, 0.25) is 5.91 Å². The average Bonchev–Trinajstić information content (AvgIpc) is 2.65. The molecule has 0 radical (unpaired) electrons. The van der Waals surface area contributed by atoms with Crippen molar-refractivity contribution in [2.24, 2.45) is 0 Å². The molecule has 1 saturated heterocycles. The zero-order valence-electron chi connectivity index (χ0n) is 15.6. The normalized spacial score (nSPS) is 23.7. The number of piperidine rings is 1. The Kier molecular flexibility index (Phi) is 6.60. The molecule has 2 aliphatic rings. The number of benzene rings is 1. The van der Waals surface area contributed by atoms with E-state index in [9.17, 15) is 14.7 Å². The first kappa shape index (κ1) is 20.0. The number of carbonyl (C=O) groups is 2. The van der Waals surface area contributed by atoms with E-state index in [1.807, 2.05) is 4.90 Å². The molecule has 0 aromatic heterocycles. The molecule has 7 heteroatoms. The lowest BCUT2D eigenvalue weighted by molar-refractivity contribution is -0.130. The van der Waals surface area contributed by atoms with Crippen LogP contribution in [0.4, 0.5) is 0 Å². The molecule has 2 amide bonds. The van der Waals surface area contributed by atoms with Crippen molar-refractivity contribution < 1.29 is 19.4 Å². The SMILES string of the molecule is CC(=O)N1CCC(Oc2ccc(Cl)cc2C(=O)NC2CCC(O)CC2)CC1. The van der Waals surface area contributed by atoms with E-state index < -0.39 is 0 Å². The number of hydrogen-bond donors (Lipinski definition) is 2. The van der Waals surface area contributed by atoms with Crippen LogP contribution in [0, 0.1) is 0 Å². The molecule has 1 aromatic carbocycles. The second-order valence-electron chi connectivity index (χ2n) is 7.44. The minimum Gasteiger partial charge on any atom is -0.489 e. The number of aliphatic hydroxyl groups excluding tert-OH is 1.